The Kier molecular flexibility index (Phi) is 6.41. The van der Waals surface area contributed by atoms with Gasteiger partial charge in [0.1, 0.15) is 11.5 Å². The zero-order valence-corrected chi connectivity index (χ0v) is 22.1. The number of hydrogen-bond donors (Lipinski definition) is 3. The fraction of sp³-hybridized carbons (Fsp3) is 0.250. The van der Waals surface area contributed by atoms with Gasteiger partial charge in [0.2, 0.25) is 5.91 Å². The lowest BCUT2D eigenvalue weighted by Crippen LogP contribution is -2.37. The van der Waals surface area contributed by atoms with E-state index in [1.165, 1.54) is 23.1 Å². The molecule has 1 fully saturated rings. The zero-order chi connectivity index (χ0) is 25.5. The first kappa shape index (κ1) is 24.0. The second kappa shape index (κ2) is 9.86. The summed E-state index contributed by atoms with van der Waals surface area (Å²) >= 11 is 9.53. The van der Waals surface area contributed by atoms with Gasteiger partial charge in [0.05, 0.1) is 27.4 Å². The van der Waals surface area contributed by atoms with Crippen molar-refractivity contribution in [2.24, 2.45) is 11.7 Å². The first-order chi connectivity index (χ1) is 18.0. The van der Waals surface area contributed by atoms with E-state index in [-0.39, 0.29) is 11.9 Å². The molecular weight excluding hydrogens is 530 g/mol. The van der Waals surface area contributed by atoms with Gasteiger partial charge < -0.3 is 20.9 Å². The van der Waals surface area contributed by atoms with Crippen LogP contribution in [-0.2, 0) is 11.2 Å². The smallest absolute Gasteiger partial charge is 0.232 e. The van der Waals surface area contributed by atoms with E-state index >= 15 is 0 Å². The van der Waals surface area contributed by atoms with Gasteiger partial charge in [-0.2, -0.15) is 0 Å². The number of aromatic nitrogens is 6. The molecule has 5 aromatic heterocycles. The highest BCUT2D eigenvalue weighted by Crippen LogP contribution is 2.38. The molecule has 1 amide bonds. The molecule has 1 aliphatic rings. The number of aromatic amines is 1. The summed E-state index contributed by atoms with van der Waals surface area (Å²) in [7, 11) is 0. The first-order valence-electron chi connectivity index (χ1n) is 11.7. The van der Waals surface area contributed by atoms with Crippen LogP contribution in [0.3, 0.4) is 0 Å². The normalized spacial score (nSPS) is 17.6. The van der Waals surface area contributed by atoms with Crippen LogP contribution in [0.5, 0.6) is 0 Å². The van der Waals surface area contributed by atoms with Crippen LogP contribution in [0, 0.1) is 5.92 Å². The van der Waals surface area contributed by atoms with Crippen molar-refractivity contribution in [1.82, 2.24) is 29.9 Å². The van der Waals surface area contributed by atoms with Crippen molar-refractivity contribution < 1.29 is 4.79 Å². The van der Waals surface area contributed by atoms with E-state index in [9.17, 15) is 4.79 Å². The second-order valence-electron chi connectivity index (χ2n) is 8.64. The minimum atomic E-state index is -0.427. The fourth-order valence-electron chi connectivity index (χ4n) is 4.45. The number of H-pyrrole nitrogens is 1. The van der Waals surface area contributed by atoms with Gasteiger partial charge in [0.15, 0.2) is 10.3 Å². The molecule has 0 spiro atoms. The average molecular weight is 552 g/mol. The van der Waals surface area contributed by atoms with Crippen LogP contribution in [0.15, 0.2) is 52.2 Å². The molecule has 0 saturated carbocycles. The van der Waals surface area contributed by atoms with Crippen molar-refractivity contribution in [2.75, 3.05) is 23.3 Å². The molecule has 4 N–H and O–H groups in total. The van der Waals surface area contributed by atoms with E-state index in [0.29, 0.717) is 39.9 Å². The fourth-order valence-corrected chi connectivity index (χ4v) is 6.09. The minimum Gasteiger partial charge on any atom is -0.353 e. The van der Waals surface area contributed by atoms with Crippen LogP contribution in [0.4, 0.5) is 10.9 Å². The number of carbonyl (C=O) groups is 1. The molecule has 0 aromatic carbocycles. The number of anilines is 2. The van der Waals surface area contributed by atoms with E-state index < -0.39 is 5.92 Å². The number of amides is 1. The maximum Gasteiger partial charge on any atom is 0.232 e. The molecule has 0 bridgehead atoms. The minimum absolute atomic E-state index is 0.158. The number of thiazole rings is 1. The molecule has 10 nitrogen and oxygen atoms in total. The van der Waals surface area contributed by atoms with Crippen molar-refractivity contribution in [3.63, 3.8) is 0 Å². The second-order valence-corrected chi connectivity index (χ2v) is 11.0. The van der Waals surface area contributed by atoms with Gasteiger partial charge in [-0.1, -0.05) is 18.5 Å². The summed E-state index contributed by atoms with van der Waals surface area (Å²) in [5.74, 6) is 0.0680. The lowest BCUT2D eigenvalue weighted by atomic mass is 10.0. The summed E-state index contributed by atoms with van der Waals surface area (Å²) < 4.78 is 0. The largest absolute Gasteiger partial charge is 0.353 e. The maximum atomic E-state index is 13.0. The third-order valence-corrected chi connectivity index (χ3v) is 8.21. The van der Waals surface area contributed by atoms with Crippen molar-refractivity contribution in [2.45, 2.75) is 29.4 Å². The Hall–Kier alpha value is -3.32. The Morgan fingerprint density at radius 1 is 1.27 bits per heavy atom. The van der Waals surface area contributed by atoms with Gasteiger partial charge in [0, 0.05) is 53.7 Å². The number of halogens is 1. The van der Waals surface area contributed by atoms with E-state index in [0.717, 1.165) is 33.4 Å². The molecule has 0 unspecified atom stereocenters. The molecule has 188 valence electrons. The Balaban J connectivity index is 1.35. The van der Waals surface area contributed by atoms with Gasteiger partial charge in [-0.3, -0.25) is 14.8 Å². The third-order valence-electron chi connectivity index (χ3n) is 6.28. The predicted molar refractivity (Wildman–Crippen MR) is 146 cm³/mol. The quantitative estimate of drug-likeness (QED) is 0.266. The Morgan fingerprint density at radius 3 is 2.97 bits per heavy atom. The SMILES string of the molecule is CCc1[nH]c2nc(Sc3cnc4cccnc4c3)nc(N3C[C@@H](N)[C@@H](C(=O)Nc4nccs4)C3)c2c1Cl. The molecule has 2 atom stereocenters. The lowest BCUT2D eigenvalue weighted by molar-refractivity contribution is -0.119. The van der Waals surface area contributed by atoms with E-state index in [1.54, 1.807) is 18.6 Å². The number of rotatable bonds is 6. The van der Waals surface area contributed by atoms with E-state index in [2.05, 4.69) is 25.3 Å². The van der Waals surface area contributed by atoms with Crippen LogP contribution >= 0.6 is 34.7 Å². The molecule has 6 rings (SSSR count). The highest BCUT2D eigenvalue weighted by Gasteiger charge is 2.37. The number of nitrogens with two attached hydrogens (primary N) is 1. The third kappa shape index (κ3) is 4.61. The molecule has 1 aliphatic heterocycles. The Morgan fingerprint density at radius 2 is 2.16 bits per heavy atom. The number of fused-ring (bicyclic) bond motifs is 2. The summed E-state index contributed by atoms with van der Waals surface area (Å²) in [6.07, 6.45) is 5.89. The van der Waals surface area contributed by atoms with Gasteiger partial charge in [-0.05, 0) is 36.4 Å². The van der Waals surface area contributed by atoms with E-state index in [1.807, 2.05) is 35.4 Å². The van der Waals surface area contributed by atoms with Crippen LogP contribution in [0.2, 0.25) is 5.02 Å². The standard InChI is InChI=1S/C24H22ClN9OS2/c1-2-15-19(25)18-20(30-15)31-24(37-12-8-17-16(29-9-12)4-3-5-27-17)32-21(18)34-10-13(14(26)11-34)22(35)33-23-28-6-7-36-23/h3-9,13-14H,2,10-11,26H2,1H3,(H,28,33,35)(H,30,31,32)/t13-,14+/m0/s1. The van der Waals surface area contributed by atoms with E-state index in [4.69, 9.17) is 27.3 Å². The number of carbonyl (C=O) groups excluding carboxylic acids is 1. The molecule has 5 aromatic rings. The summed E-state index contributed by atoms with van der Waals surface area (Å²) in [6, 6.07) is 5.36. The number of nitrogens with one attached hydrogen (secondary N) is 2. The predicted octanol–water partition coefficient (Wildman–Crippen LogP) is 4.13. The summed E-state index contributed by atoms with van der Waals surface area (Å²) in [5.41, 5.74) is 9.58. The number of hydrogen-bond acceptors (Lipinski definition) is 10. The highest BCUT2D eigenvalue weighted by molar-refractivity contribution is 7.99. The molecule has 1 saturated heterocycles. The van der Waals surface area contributed by atoms with Crippen molar-refractivity contribution in [3.05, 3.63) is 52.9 Å². The molecule has 0 radical (unpaired) electrons. The molecular formula is C24H22ClN9OS2. The van der Waals surface area contributed by atoms with Crippen molar-refractivity contribution >= 4 is 73.6 Å². The van der Waals surface area contributed by atoms with Crippen molar-refractivity contribution in [3.8, 4) is 0 Å². The van der Waals surface area contributed by atoms with Crippen LogP contribution in [0.1, 0.15) is 12.6 Å². The summed E-state index contributed by atoms with van der Waals surface area (Å²) in [6.45, 7) is 2.88. The highest BCUT2D eigenvalue weighted by atomic mass is 35.5. The number of aryl methyl sites for hydroxylation is 1. The number of pyridine rings is 2. The monoisotopic (exact) mass is 551 g/mol. The average Bonchev–Trinajstić information content (AvgIpc) is 3.63. The first-order valence-corrected chi connectivity index (χ1v) is 13.7. The summed E-state index contributed by atoms with van der Waals surface area (Å²) in [5, 5.41) is 7.08. The molecule has 13 heteroatoms. The van der Waals surface area contributed by atoms with Crippen LogP contribution in [-0.4, -0.2) is 54.9 Å². The Labute approximate surface area is 225 Å². The van der Waals surface area contributed by atoms with Crippen LogP contribution < -0.4 is 16.0 Å². The maximum absolute atomic E-state index is 13.0. The van der Waals surface area contributed by atoms with Gasteiger partial charge in [-0.25, -0.2) is 15.0 Å². The zero-order valence-electron chi connectivity index (χ0n) is 19.7. The molecule has 6 heterocycles. The lowest BCUT2D eigenvalue weighted by Gasteiger charge is -2.19. The van der Waals surface area contributed by atoms with Gasteiger partial charge in [0.25, 0.3) is 0 Å². The topological polar surface area (TPSA) is 139 Å². The molecule has 37 heavy (non-hydrogen) atoms. The van der Waals surface area contributed by atoms with Gasteiger partial charge >= 0.3 is 0 Å². The van der Waals surface area contributed by atoms with Crippen molar-refractivity contribution in [1.29, 1.82) is 0 Å². The van der Waals surface area contributed by atoms with Crippen LogP contribution in [0.25, 0.3) is 22.1 Å². The number of nitrogens with zero attached hydrogens (tertiary/aromatic N) is 6. The summed E-state index contributed by atoms with van der Waals surface area (Å²) in [4.78, 5) is 41.9. The molecule has 0 aliphatic carbocycles. The Bertz CT molecular complexity index is 1610. The van der Waals surface area contributed by atoms with Gasteiger partial charge in [-0.15, -0.1) is 11.3 Å².